The van der Waals surface area contributed by atoms with Gasteiger partial charge in [0, 0.05) is 10.4 Å². The van der Waals surface area contributed by atoms with Crippen molar-refractivity contribution in [1.29, 1.82) is 0 Å². The third-order valence-corrected chi connectivity index (χ3v) is 2.96. The van der Waals surface area contributed by atoms with Gasteiger partial charge in [-0.1, -0.05) is 23.2 Å². The summed E-state index contributed by atoms with van der Waals surface area (Å²) in [6.07, 6.45) is -4.63. The molecule has 0 unspecified atom stereocenters. The first kappa shape index (κ1) is 12.4. The lowest BCUT2D eigenvalue weighted by Crippen LogP contribution is -2.11. The molecule has 0 aliphatic rings. The third-order valence-electron chi connectivity index (χ3n) is 2.26. The van der Waals surface area contributed by atoms with Gasteiger partial charge in [0.05, 0.1) is 5.52 Å². The number of hydrogen-bond donors (Lipinski definition) is 0. The fourth-order valence-corrected chi connectivity index (χ4v) is 1.78. The highest BCUT2D eigenvalue weighted by atomic mass is 35.5. The summed E-state index contributed by atoms with van der Waals surface area (Å²) in [5, 5.41) is 0.448. The molecular formula is C10H5Cl2F3N2. The van der Waals surface area contributed by atoms with E-state index in [0.717, 1.165) is 0 Å². The van der Waals surface area contributed by atoms with Crippen molar-refractivity contribution in [3.63, 3.8) is 0 Å². The van der Waals surface area contributed by atoms with Crippen LogP contribution in [-0.4, -0.2) is 9.97 Å². The Bertz CT molecular complexity index is 596. The van der Waals surface area contributed by atoms with Gasteiger partial charge < -0.3 is 0 Å². The largest absolute Gasteiger partial charge is 0.451 e. The van der Waals surface area contributed by atoms with Crippen LogP contribution in [-0.2, 0) is 6.18 Å². The number of fused-ring (bicyclic) bond motifs is 1. The summed E-state index contributed by atoms with van der Waals surface area (Å²) in [5.41, 5.74) is 0.559. The Morgan fingerprint density at radius 1 is 1.12 bits per heavy atom. The number of aromatic nitrogens is 2. The Labute approximate surface area is 104 Å². The number of rotatable bonds is 0. The number of alkyl halides is 3. The van der Waals surface area contributed by atoms with Gasteiger partial charge in [0.1, 0.15) is 5.15 Å². The van der Waals surface area contributed by atoms with Crippen LogP contribution in [0.15, 0.2) is 12.1 Å². The molecule has 2 nitrogen and oxygen atoms in total. The molecule has 0 amide bonds. The lowest BCUT2D eigenvalue weighted by Gasteiger charge is -2.09. The minimum Gasteiger partial charge on any atom is -0.224 e. The van der Waals surface area contributed by atoms with Crippen molar-refractivity contribution in [1.82, 2.24) is 9.97 Å². The van der Waals surface area contributed by atoms with E-state index in [2.05, 4.69) is 9.97 Å². The number of nitrogens with zero attached hydrogens (tertiary/aromatic N) is 2. The van der Waals surface area contributed by atoms with Crippen molar-refractivity contribution in [2.75, 3.05) is 0 Å². The maximum Gasteiger partial charge on any atom is 0.451 e. The van der Waals surface area contributed by atoms with Gasteiger partial charge in [-0.2, -0.15) is 13.2 Å². The average Bonchev–Trinajstić information content (AvgIpc) is 2.22. The Kier molecular flexibility index (Phi) is 2.91. The summed E-state index contributed by atoms with van der Waals surface area (Å²) in [5.74, 6) is -1.26. The van der Waals surface area contributed by atoms with Gasteiger partial charge in [-0.05, 0) is 24.6 Å². The van der Waals surface area contributed by atoms with Crippen molar-refractivity contribution in [2.24, 2.45) is 0 Å². The zero-order chi connectivity index (χ0) is 12.8. The summed E-state index contributed by atoms with van der Waals surface area (Å²) in [6, 6.07) is 3.04. The summed E-state index contributed by atoms with van der Waals surface area (Å²) >= 11 is 11.5. The first-order chi connectivity index (χ1) is 7.80. The molecule has 2 aromatic rings. The molecule has 0 N–H and O–H groups in total. The van der Waals surface area contributed by atoms with Crippen LogP contribution in [0.5, 0.6) is 0 Å². The maximum absolute atomic E-state index is 12.5. The second-order valence-electron chi connectivity index (χ2n) is 3.40. The zero-order valence-corrected chi connectivity index (χ0v) is 9.95. The van der Waals surface area contributed by atoms with E-state index >= 15 is 0 Å². The van der Waals surface area contributed by atoms with Crippen LogP contribution < -0.4 is 0 Å². The van der Waals surface area contributed by atoms with Gasteiger partial charge in [0.15, 0.2) is 0 Å². The van der Waals surface area contributed by atoms with Gasteiger partial charge >= 0.3 is 6.18 Å². The molecule has 0 aliphatic carbocycles. The van der Waals surface area contributed by atoms with Gasteiger partial charge in [0.25, 0.3) is 0 Å². The minimum atomic E-state index is -4.63. The van der Waals surface area contributed by atoms with E-state index in [-0.39, 0.29) is 10.7 Å². The summed E-state index contributed by atoms with van der Waals surface area (Å²) in [6.45, 7) is 1.58. The van der Waals surface area contributed by atoms with E-state index in [1.165, 1.54) is 6.07 Å². The molecule has 1 aromatic carbocycles. The fraction of sp³-hybridized carbons (Fsp3) is 0.200. The number of halogens is 5. The molecule has 0 fully saturated rings. The lowest BCUT2D eigenvalue weighted by molar-refractivity contribution is -0.144. The van der Waals surface area contributed by atoms with E-state index in [9.17, 15) is 13.2 Å². The van der Waals surface area contributed by atoms with Crippen LogP contribution in [0.25, 0.3) is 10.9 Å². The van der Waals surface area contributed by atoms with E-state index in [1.807, 2.05) is 0 Å². The second-order valence-corrected chi connectivity index (χ2v) is 4.17. The molecule has 90 valence electrons. The Morgan fingerprint density at radius 2 is 1.76 bits per heavy atom. The van der Waals surface area contributed by atoms with Crippen LogP contribution in [0.2, 0.25) is 10.2 Å². The number of hydrogen-bond acceptors (Lipinski definition) is 2. The quantitative estimate of drug-likeness (QED) is 0.674. The Hall–Kier alpha value is -1.07. The maximum atomic E-state index is 12.5. The molecule has 0 aliphatic heterocycles. The van der Waals surface area contributed by atoms with Crippen LogP contribution in [0.1, 0.15) is 11.4 Å². The molecule has 0 saturated heterocycles. The van der Waals surface area contributed by atoms with Gasteiger partial charge in [-0.3, -0.25) is 0 Å². The predicted molar refractivity (Wildman–Crippen MR) is 59.3 cm³/mol. The first-order valence-corrected chi connectivity index (χ1v) is 5.26. The SMILES string of the molecule is Cc1c(Cl)ccc2c(Cl)nc(C(F)(F)F)nc12. The smallest absolute Gasteiger partial charge is 0.224 e. The Balaban J connectivity index is 2.84. The second kappa shape index (κ2) is 3.99. The number of benzene rings is 1. The van der Waals surface area contributed by atoms with Crippen LogP contribution >= 0.6 is 23.2 Å². The normalized spacial score (nSPS) is 12.1. The summed E-state index contributed by atoms with van der Waals surface area (Å²) < 4.78 is 37.5. The van der Waals surface area contributed by atoms with Crippen molar-refractivity contribution in [3.05, 3.63) is 33.7 Å². The topological polar surface area (TPSA) is 25.8 Å². The van der Waals surface area contributed by atoms with Crippen LogP contribution in [0.4, 0.5) is 13.2 Å². The molecule has 0 radical (unpaired) electrons. The molecule has 1 heterocycles. The first-order valence-electron chi connectivity index (χ1n) is 4.50. The molecular weight excluding hydrogens is 276 g/mol. The molecule has 7 heteroatoms. The van der Waals surface area contributed by atoms with Crippen LogP contribution in [0.3, 0.4) is 0 Å². The van der Waals surface area contributed by atoms with Crippen molar-refractivity contribution in [3.8, 4) is 0 Å². The molecule has 0 atom stereocenters. The Morgan fingerprint density at radius 3 is 2.35 bits per heavy atom. The summed E-state index contributed by atoms with van der Waals surface area (Å²) in [4.78, 5) is 6.69. The van der Waals surface area contributed by atoms with E-state index in [0.29, 0.717) is 16.0 Å². The zero-order valence-electron chi connectivity index (χ0n) is 8.44. The summed E-state index contributed by atoms with van der Waals surface area (Å²) in [7, 11) is 0. The van der Waals surface area contributed by atoms with E-state index in [1.54, 1.807) is 13.0 Å². The molecule has 0 bridgehead atoms. The van der Waals surface area contributed by atoms with Crippen LogP contribution in [0, 0.1) is 6.92 Å². The minimum absolute atomic E-state index is 0.116. The highest BCUT2D eigenvalue weighted by Crippen LogP contribution is 2.32. The predicted octanol–water partition coefficient (Wildman–Crippen LogP) is 4.26. The highest BCUT2D eigenvalue weighted by Gasteiger charge is 2.35. The lowest BCUT2D eigenvalue weighted by atomic mass is 10.1. The molecule has 0 spiro atoms. The molecule has 17 heavy (non-hydrogen) atoms. The van der Waals surface area contributed by atoms with Gasteiger partial charge in [-0.25, -0.2) is 9.97 Å². The number of aryl methyl sites for hydroxylation is 1. The monoisotopic (exact) mass is 280 g/mol. The molecule has 0 saturated carbocycles. The van der Waals surface area contributed by atoms with Gasteiger partial charge in [0.2, 0.25) is 5.82 Å². The third kappa shape index (κ3) is 2.17. The standard InChI is InChI=1S/C10H5Cl2F3N2/c1-4-6(11)3-2-5-7(4)16-9(10(13,14)15)17-8(5)12/h2-3H,1H3. The van der Waals surface area contributed by atoms with E-state index in [4.69, 9.17) is 23.2 Å². The highest BCUT2D eigenvalue weighted by molar-refractivity contribution is 6.35. The fourth-order valence-electron chi connectivity index (χ4n) is 1.40. The van der Waals surface area contributed by atoms with E-state index < -0.39 is 12.0 Å². The molecule has 1 aromatic heterocycles. The van der Waals surface area contributed by atoms with Crippen molar-refractivity contribution < 1.29 is 13.2 Å². The van der Waals surface area contributed by atoms with Crippen molar-refractivity contribution >= 4 is 34.1 Å². The van der Waals surface area contributed by atoms with Gasteiger partial charge in [-0.15, -0.1) is 0 Å². The van der Waals surface area contributed by atoms with Crippen molar-refractivity contribution in [2.45, 2.75) is 13.1 Å². The average molecular weight is 281 g/mol. The molecule has 2 rings (SSSR count).